The van der Waals surface area contributed by atoms with E-state index in [-0.39, 0.29) is 24.5 Å². The number of anilines is 1. The summed E-state index contributed by atoms with van der Waals surface area (Å²) in [4.78, 5) is 24.4. The fourth-order valence-electron chi connectivity index (χ4n) is 2.58. The van der Waals surface area contributed by atoms with Gasteiger partial charge in [-0.25, -0.2) is 0 Å². The van der Waals surface area contributed by atoms with Gasteiger partial charge in [-0.2, -0.15) is 0 Å². The van der Waals surface area contributed by atoms with E-state index in [4.69, 9.17) is 9.47 Å². The van der Waals surface area contributed by atoms with Crippen molar-refractivity contribution >= 4 is 28.3 Å². The van der Waals surface area contributed by atoms with Crippen molar-refractivity contribution in [3.8, 4) is 22.1 Å². The number of aromatic nitrogens is 2. The lowest BCUT2D eigenvalue weighted by atomic mass is 9.98. The first-order chi connectivity index (χ1) is 13.0. The molecule has 1 aliphatic heterocycles. The predicted molar refractivity (Wildman–Crippen MR) is 102 cm³/mol. The minimum atomic E-state index is -0.611. The van der Waals surface area contributed by atoms with Gasteiger partial charge in [-0.1, -0.05) is 38.5 Å². The van der Waals surface area contributed by atoms with Gasteiger partial charge in [-0.15, -0.1) is 10.2 Å². The number of rotatable bonds is 7. The van der Waals surface area contributed by atoms with Crippen LogP contribution in [-0.4, -0.2) is 34.8 Å². The number of amides is 2. The van der Waals surface area contributed by atoms with E-state index in [1.807, 2.05) is 32.0 Å². The molecule has 0 saturated heterocycles. The Morgan fingerprint density at radius 2 is 2.00 bits per heavy atom. The monoisotopic (exact) mass is 390 g/mol. The molecule has 2 amide bonds. The summed E-state index contributed by atoms with van der Waals surface area (Å²) >= 11 is 1.26. The zero-order valence-corrected chi connectivity index (χ0v) is 16.3. The third kappa shape index (κ3) is 4.36. The molecule has 2 atom stereocenters. The van der Waals surface area contributed by atoms with Gasteiger partial charge in [0.1, 0.15) is 11.0 Å². The smallest absolute Gasteiger partial charge is 0.249 e. The zero-order valence-electron chi connectivity index (χ0n) is 15.4. The number of carbonyl (C=O) groups is 2. The molecule has 2 aromatic rings. The Morgan fingerprint density at radius 1 is 1.22 bits per heavy atom. The maximum absolute atomic E-state index is 12.6. The second-order valence-corrected chi connectivity index (χ2v) is 7.23. The molecule has 2 unspecified atom stereocenters. The summed E-state index contributed by atoms with van der Waals surface area (Å²) in [6, 6.07) is 4.90. The number of carbonyl (C=O) groups excluding carboxylic acids is 2. The molecule has 0 saturated carbocycles. The van der Waals surface area contributed by atoms with E-state index < -0.39 is 6.04 Å². The van der Waals surface area contributed by atoms with Crippen molar-refractivity contribution in [2.75, 3.05) is 12.1 Å². The molecule has 1 aliphatic rings. The molecule has 0 bridgehead atoms. The predicted octanol–water partition coefficient (Wildman–Crippen LogP) is 2.81. The van der Waals surface area contributed by atoms with Gasteiger partial charge in [-0.05, 0) is 24.1 Å². The van der Waals surface area contributed by atoms with Gasteiger partial charge in [0.05, 0.1) is 0 Å². The minimum absolute atomic E-state index is 0.00162. The fraction of sp³-hybridized carbons (Fsp3) is 0.444. The van der Waals surface area contributed by atoms with E-state index in [0.717, 1.165) is 12.0 Å². The Kier molecular flexibility index (Phi) is 5.90. The number of fused-ring (bicyclic) bond motifs is 1. The molecule has 1 aromatic heterocycles. The van der Waals surface area contributed by atoms with E-state index in [1.165, 1.54) is 11.3 Å². The fourth-order valence-corrected chi connectivity index (χ4v) is 3.32. The molecular weight excluding hydrogens is 368 g/mol. The maximum Gasteiger partial charge on any atom is 0.249 e. The quantitative estimate of drug-likeness (QED) is 0.754. The molecule has 0 spiro atoms. The van der Waals surface area contributed by atoms with Crippen LogP contribution in [0.3, 0.4) is 0 Å². The molecule has 9 heteroatoms. The van der Waals surface area contributed by atoms with Crippen LogP contribution >= 0.6 is 11.3 Å². The van der Waals surface area contributed by atoms with Crippen molar-refractivity contribution in [3.63, 3.8) is 0 Å². The summed E-state index contributed by atoms with van der Waals surface area (Å²) in [5, 5.41) is 14.8. The number of ether oxygens (including phenoxy) is 2. The van der Waals surface area contributed by atoms with Crippen LogP contribution in [-0.2, 0) is 9.59 Å². The Hall–Kier alpha value is -2.68. The van der Waals surface area contributed by atoms with E-state index in [9.17, 15) is 9.59 Å². The molecule has 1 aromatic carbocycles. The SMILES string of the molecule is CCC(=O)NC(C(=O)Nc1nnc(-c2ccc3c(c2)OCO3)s1)C(C)CC. The summed E-state index contributed by atoms with van der Waals surface area (Å²) in [5.74, 6) is 0.905. The summed E-state index contributed by atoms with van der Waals surface area (Å²) in [5.41, 5.74) is 0.829. The number of nitrogens with one attached hydrogen (secondary N) is 2. The first-order valence-corrected chi connectivity index (χ1v) is 9.67. The van der Waals surface area contributed by atoms with Crippen LogP contribution in [0.2, 0.25) is 0 Å². The average molecular weight is 390 g/mol. The molecule has 144 valence electrons. The van der Waals surface area contributed by atoms with Gasteiger partial charge in [0.2, 0.25) is 23.7 Å². The summed E-state index contributed by atoms with van der Waals surface area (Å²) in [6.45, 7) is 5.87. The Bertz CT molecular complexity index is 839. The first-order valence-electron chi connectivity index (χ1n) is 8.85. The van der Waals surface area contributed by atoms with Gasteiger partial charge in [0, 0.05) is 12.0 Å². The average Bonchev–Trinajstić information content (AvgIpc) is 3.33. The number of hydrogen-bond donors (Lipinski definition) is 2. The number of benzene rings is 1. The molecule has 27 heavy (non-hydrogen) atoms. The van der Waals surface area contributed by atoms with Crippen LogP contribution in [0.5, 0.6) is 11.5 Å². The second-order valence-electron chi connectivity index (χ2n) is 6.25. The van der Waals surface area contributed by atoms with Crippen LogP contribution in [0, 0.1) is 5.92 Å². The maximum atomic E-state index is 12.6. The third-order valence-electron chi connectivity index (χ3n) is 4.41. The highest BCUT2D eigenvalue weighted by Gasteiger charge is 2.26. The minimum Gasteiger partial charge on any atom is -0.454 e. The second kappa shape index (κ2) is 8.34. The molecule has 2 heterocycles. The molecule has 8 nitrogen and oxygen atoms in total. The van der Waals surface area contributed by atoms with E-state index >= 15 is 0 Å². The van der Waals surface area contributed by atoms with Crippen molar-refractivity contribution in [3.05, 3.63) is 18.2 Å². The first kappa shape index (κ1) is 19.1. The van der Waals surface area contributed by atoms with Crippen molar-refractivity contribution < 1.29 is 19.1 Å². The zero-order chi connectivity index (χ0) is 19.4. The lowest BCUT2D eigenvalue weighted by Gasteiger charge is -2.22. The van der Waals surface area contributed by atoms with Crippen LogP contribution in [0.1, 0.15) is 33.6 Å². The van der Waals surface area contributed by atoms with Crippen molar-refractivity contribution in [2.24, 2.45) is 5.92 Å². The van der Waals surface area contributed by atoms with Gasteiger partial charge in [-0.3, -0.25) is 14.9 Å². The van der Waals surface area contributed by atoms with E-state index in [0.29, 0.717) is 28.1 Å². The van der Waals surface area contributed by atoms with Crippen LogP contribution in [0.15, 0.2) is 18.2 Å². The van der Waals surface area contributed by atoms with Gasteiger partial charge < -0.3 is 14.8 Å². The highest BCUT2D eigenvalue weighted by atomic mass is 32.1. The normalized spacial score (nSPS) is 14.5. The van der Waals surface area contributed by atoms with Gasteiger partial charge in [0.15, 0.2) is 11.5 Å². The van der Waals surface area contributed by atoms with Crippen molar-refractivity contribution in [1.29, 1.82) is 0 Å². The largest absolute Gasteiger partial charge is 0.454 e. The topological polar surface area (TPSA) is 102 Å². The number of nitrogens with zero attached hydrogens (tertiary/aromatic N) is 2. The summed E-state index contributed by atoms with van der Waals surface area (Å²) < 4.78 is 10.7. The van der Waals surface area contributed by atoms with Gasteiger partial charge >= 0.3 is 0 Å². The molecule has 3 rings (SSSR count). The third-order valence-corrected chi connectivity index (χ3v) is 5.30. The Balaban J connectivity index is 1.72. The van der Waals surface area contributed by atoms with E-state index in [2.05, 4.69) is 20.8 Å². The molecule has 0 fully saturated rings. The van der Waals surface area contributed by atoms with Crippen LogP contribution in [0.4, 0.5) is 5.13 Å². The highest BCUT2D eigenvalue weighted by Crippen LogP contribution is 2.37. The Labute approximate surface area is 161 Å². The molecule has 2 N–H and O–H groups in total. The van der Waals surface area contributed by atoms with Crippen molar-refractivity contribution in [1.82, 2.24) is 15.5 Å². The molecule has 0 aliphatic carbocycles. The standard InChI is InChI=1S/C18H22N4O4S/c1-4-10(3)15(19-14(23)5-2)16(24)20-18-22-21-17(27-18)11-6-7-12-13(8-11)26-9-25-12/h6-8,10,15H,4-5,9H2,1-3H3,(H,19,23)(H,20,22,24). The van der Waals surface area contributed by atoms with Crippen molar-refractivity contribution in [2.45, 2.75) is 39.7 Å². The van der Waals surface area contributed by atoms with Crippen LogP contribution in [0.25, 0.3) is 10.6 Å². The summed E-state index contributed by atoms with van der Waals surface area (Å²) in [6.07, 6.45) is 1.09. The van der Waals surface area contributed by atoms with Gasteiger partial charge in [0.25, 0.3) is 0 Å². The molecular formula is C18H22N4O4S. The Morgan fingerprint density at radius 3 is 2.74 bits per heavy atom. The van der Waals surface area contributed by atoms with Crippen LogP contribution < -0.4 is 20.1 Å². The highest BCUT2D eigenvalue weighted by molar-refractivity contribution is 7.18. The molecule has 0 radical (unpaired) electrons. The summed E-state index contributed by atoms with van der Waals surface area (Å²) in [7, 11) is 0. The van der Waals surface area contributed by atoms with E-state index in [1.54, 1.807) is 6.92 Å². The lowest BCUT2D eigenvalue weighted by Crippen LogP contribution is -2.47. The number of hydrogen-bond acceptors (Lipinski definition) is 7. The lowest BCUT2D eigenvalue weighted by molar-refractivity contribution is -0.127.